The molecule has 2 aromatic rings. The van der Waals surface area contributed by atoms with Gasteiger partial charge in [-0.3, -0.25) is 14.5 Å². The minimum Gasteiger partial charge on any atom is -0.490 e. The maximum Gasteiger partial charge on any atom is 0.325 e. The molecular formula is C27H31N3O5. The number of carbonyl (C=O) groups is 3. The molecule has 2 unspecified atom stereocenters. The van der Waals surface area contributed by atoms with E-state index in [0.29, 0.717) is 31.1 Å². The van der Waals surface area contributed by atoms with Crippen molar-refractivity contribution < 1.29 is 23.9 Å². The maximum absolute atomic E-state index is 13.5. The molecule has 5 rings (SSSR count). The average Bonchev–Trinajstić information content (AvgIpc) is 3.00. The predicted molar refractivity (Wildman–Crippen MR) is 129 cm³/mol. The first-order valence-electron chi connectivity index (χ1n) is 12.3. The second-order valence-electron chi connectivity index (χ2n) is 9.78. The van der Waals surface area contributed by atoms with E-state index in [9.17, 15) is 14.4 Å². The maximum atomic E-state index is 13.5. The molecule has 0 saturated carbocycles. The molecule has 1 spiro atoms. The van der Waals surface area contributed by atoms with Crippen LogP contribution in [0.3, 0.4) is 0 Å². The Hall–Kier alpha value is -3.55. The van der Waals surface area contributed by atoms with E-state index < -0.39 is 11.6 Å². The van der Waals surface area contributed by atoms with Gasteiger partial charge in [-0.05, 0) is 54.0 Å². The van der Waals surface area contributed by atoms with Crippen LogP contribution in [-0.4, -0.2) is 42.5 Å². The van der Waals surface area contributed by atoms with Crippen molar-refractivity contribution in [2.24, 2.45) is 5.92 Å². The monoisotopic (exact) mass is 477 g/mol. The molecule has 1 fully saturated rings. The fraction of sp³-hybridized carbons (Fsp3) is 0.444. The van der Waals surface area contributed by atoms with Crippen LogP contribution in [0.5, 0.6) is 11.5 Å². The molecule has 3 aliphatic rings. The summed E-state index contributed by atoms with van der Waals surface area (Å²) in [5.74, 6) is 0.676. The van der Waals surface area contributed by atoms with Crippen molar-refractivity contribution >= 4 is 17.8 Å². The van der Waals surface area contributed by atoms with Crippen LogP contribution in [-0.2, 0) is 21.5 Å². The van der Waals surface area contributed by atoms with Gasteiger partial charge in [-0.25, -0.2) is 4.79 Å². The average molecular weight is 478 g/mol. The van der Waals surface area contributed by atoms with Gasteiger partial charge >= 0.3 is 6.03 Å². The first-order chi connectivity index (χ1) is 16.9. The third-order valence-electron chi connectivity index (χ3n) is 7.07. The Bertz CT molecular complexity index is 1160. The molecular weight excluding hydrogens is 446 g/mol. The van der Waals surface area contributed by atoms with Crippen molar-refractivity contribution in [2.45, 2.75) is 51.1 Å². The number of carbonyl (C=O) groups excluding carboxylic acids is 3. The van der Waals surface area contributed by atoms with E-state index >= 15 is 0 Å². The minimum absolute atomic E-state index is 0.0726. The number of benzene rings is 2. The highest BCUT2D eigenvalue weighted by molar-refractivity contribution is 6.09. The molecule has 35 heavy (non-hydrogen) atoms. The first-order valence-corrected chi connectivity index (χ1v) is 12.3. The van der Waals surface area contributed by atoms with Crippen molar-refractivity contribution in [3.8, 4) is 11.5 Å². The number of nitrogens with one attached hydrogen (secondary N) is 2. The molecule has 8 nitrogen and oxygen atoms in total. The number of nitrogens with zero attached hydrogens (tertiary/aromatic N) is 1. The highest BCUT2D eigenvalue weighted by atomic mass is 16.5. The van der Waals surface area contributed by atoms with Crippen molar-refractivity contribution in [2.75, 3.05) is 19.8 Å². The van der Waals surface area contributed by atoms with Gasteiger partial charge in [-0.2, -0.15) is 0 Å². The molecule has 8 heteroatoms. The van der Waals surface area contributed by atoms with Gasteiger partial charge in [-0.1, -0.05) is 44.2 Å². The summed E-state index contributed by atoms with van der Waals surface area (Å²) in [5, 5.41) is 5.93. The standard InChI is InChI=1S/C27H31N3O5/c1-17(2)24(19-10-11-21-22(15-19)35-14-6-13-34-21)28-23(31)16-30-25(32)27(29-26(30)33)12-5-8-18-7-3-4-9-20(18)27/h3-4,7,9-11,15,17,24H,5-6,8,12-14,16H2,1-2H3,(H,28,31)(H,29,33). The Morgan fingerprint density at radius 1 is 1.09 bits per heavy atom. The van der Waals surface area contributed by atoms with Gasteiger partial charge in [0.05, 0.1) is 19.3 Å². The Labute approximate surface area is 205 Å². The normalized spacial score (nSPS) is 22.0. The largest absolute Gasteiger partial charge is 0.490 e. The SMILES string of the molecule is CC(C)C(NC(=O)CN1C(=O)NC2(CCCc3ccccc32)C1=O)c1ccc2c(c1)OCCCO2. The summed E-state index contributed by atoms with van der Waals surface area (Å²) < 4.78 is 11.5. The number of hydrogen-bond acceptors (Lipinski definition) is 5. The lowest BCUT2D eigenvalue weighted by atomic mass is 9.76. The quantitative estimate of drug-likeness (QED) is 0.643. The first kappa shape index (κ1) is 23.2. The number of aryl methyl sites for hydroxylation is 1. The van der Waals surface area contributed by atoms with Crippen molar-refractivity contribution in [1.82, 2.24) is 15.5 Å². The number of fused-ring (bicyclic) bond motifs is 3. The van der Waals surface area contributed by atoms with E-state index in [0.717, 1.165) is 40.9 Å². The summed E-state index contributed by atoms with van der Waals surface area (Å²) in [5.41, 5.74) is 1.69. The Morgan fingerprint density at radius 2 is 1.86 bits per heavy atom. The zero-order valence-corrected chi connectivity index (χ0v) is 20.1. The zero-order valence-electron chi connectivity index (χ0n) is 20.1. The Balaban J connectivity index is 1.33. The van der Waals surface area contributed by atoms with Crippen molar-refractivity contribution in [1.29, 1.82) is 0 Å². The molecule has 2 heterocycles. The molecule has 2 atom stereocenters. The summed E-state index contributed by atoms with van der Waals surface area (Å²) in [6, 6.07) is 12.5. The van der Waals surface area contributed by atoms with Gasteiger partial charge in [-0.15, -0.1) is 0 Å². The van der Waals surface area contributed by atoms with Crippen molar-refractivity contribution in [3.05, 3.63) is 59.2 Å². The lowest BCUT2D eigenvalue weighted by Crippen LogP contribution is -2.47. The summed E-state index contributed by atoms with van der Waals surface area (Å²) in [4.78, 5) is 40.5. The minimum atomic E-state index is -1.09. The number of hydrogen-bond donors (Lipinski definition) is 2. The van der Waals surface area contributed by atoms with Crippen LogP contribution in [0, 0.1) is 5.92 Å². The lowest BCUT2D eigenvalue weighted by molar-refractivity contribution is -0.136. The lowest BCUT2D eigenvalue weighted by Gasteiger charge is -2.33. The number of urea groups is 1. The molecule has 0 bridgehead atoms. The van der Waals surface area contributed by atoms with Gasteiger partial charge in [0.1, 0.15) is 12.1 Å². The van der Waals surface area contributed by atoms with Crippen LogP contribution in [0.15, 0.2) is 42.5 Å². The smallest absolute Gasteiger partial charge is 0.325 e. The van der Waals surface area contributed by atoms with E-state index in [1.54, 1.807) is 0 Å². The summed E-state index contributed by atoms with van der Waals surface area (Å²) in [6.45, 7) is 4.87. The van der Waals surface area contributed by atoms with Gasteiger partial charge < -0.3 is 20.1 Å². The second kappa shape index (κ2) is 9.24. The molecule has 0 radical (unpaired) electrons. The molecule has 2 N–H and O–H groups in total. The van der Waals surface area contributed by atoms with Gasteiger partial charge in [0.2, 0.25) is 5.91 Å². The van der Waals surface area contributed by atoms with Gasteiger partial charge in [0.15, 0.2) is 11.5 Å². The molecule has 184 valence electrons. The predicted octanol–water partition coefficient (Wildman–Crippen LogP) is 3.44. The molecule has 0 aromatic heterocycles. The summed E-state index contributed by atoms with van der Waals surface area (Å²) in [7, 11) is 0. The van der Waals surface area contributed by atoms with E-state index in [1.165, 1.54) is 0 Å². The van der Waals surface area contributed by atoms with Crippen LogP contribution < -0.4 is 20.1 Å². The van der Waals surface area contributed by atoms with Crippen LogP contribution in [0.2, 0.25) is 0 Å². The molecule has 1 saturated heterocycles. The third kappa shape index (κ3) is 4.22. The fourth-order valence-electron chi connectivity index (χ4n) is 5.33. The number of ether oxygens (including phenoxy) is 2. The summed E-state index contributed by atoms with van der Waals surface area (Å²) >= 11 is 0. The highest BCUT2D eigenvalue weighted by Crippen LogP contribution is 2.40. The van der Waals surface area contributed by atoms with Crippen LogP contribution >= 0.6 is 0 Å². The molecule has 2 aliphatic heterocycles. The molecule has 1 aliphatic carbocycles. The van der Waals surface area contributed by atoms with Crippen LogP contribution in [0.4, 0.5) is 4.79 Å². The van der Waals surface area contributed by atoms with E-state index in [2.05, 4.69) is 10.6 Å². The number of imide groups is 1. The fourth-order valence-corrected chi connectivity index (χ4v) is 5.33. The van der Waals surface area contributed by atoms with E-state index in [4.69, 9.17) is 9.47 Å². The molecule has 2 aromatic carbocycles. The second-order valence-corrected chi connectivity index (χ2v) is 9.78. The molecule has 4 amide bonds. The van der Waals surface area contributed by atoms with E-state index in [-0.39, 0.29) is 30.3 Å². The number of rotatable bonds is 5. The Kier molecular flexibility index (Phi) is 6.13. The Morgan fingerprint density at radius 3 is 2.66 bits per heavy atom. The highest BCUT2D eigenvalue weighted by Gasteiger charge is 2.54. The van der Waals surface area contributed by atoms with E-state index in [1.807, 2.05) is 56.3 Å². The third-order valence-corrected chi connectivity index (χ3v) is 7.07. The van der Waals surface area contributed by atoms with Crippen molar-refractivity contribution in [3.63, 3.8) is 0 Å². The zero-order chi connectivity index (χ0) is 24.6. The van der Waals surface area contributed by atoms with Gasteiger partial charge in [0.25, 0.3) is 5.91 Å². The van der Waals surface area contributed by atoms with Crippen LogP contribution in [0.25, 0.3) is 0 Å². The number of amides is 4. The van der Waals surface area contributed by atoms with Crippen LogP contribution in [0.1, 0.15) is 55.8 Å². The summed E-state index contributed by atoms with van der Waals surface area (Å²) in [6.07, 6.45) is 3.00. The topological polar surface area (TPSA) is 97.0 Å². The van der Waals surface area contributed by atoms with Gasteiger partial charge in [0, 0.05) is 6.42 Å².